The molecule has 1 aromatic carbocycles. The molecule has 1 aromatic rings. The van der Waals surface area contributed by atoms with Crippen LogP contribution in [0.1, 0.15) is 41.6 Å². The van der Waals surface area contributed by atoms with Gasteiger partial charge in [-0.05, 0) is 50.2 Å². The molecule has 1 aliphatic rings. The van der Waals surface area contributed by atoms with E-state index in [1.165, 1.54) is 6.42 Å². The molecule has 0 spiro atoms. The first kappa shape index (κ1) is 15.8. The zero-order chi connectivity index (χ0) is 15.2. The van der Waals surface area contributed by atoms with E-state index in [4.69, 9.17) is 4.74 Å². The number of methoxy groups -OCH3 is 1. The van der Waals surface area contributed by atoms with Crippen LogP contribution in [0.4, 0.5) is 0 Å². The van der Waals surface area contributed by atoms with Gasteiger partial charge in [0.15, 0.2) is 0 Å². The molecule has 0 radical (unpaired) electrons. The van der Waals surface area contributed by atoms with Crippen molar-refractivity contribution in [1.82, 2.24) is 4.90 Å². The number of hydrogen-bond acceptors (Lipinski definition) is 3. The highest BCUT2D eigenvalue weighted by Gasteiger charge is 2.25. The van der Waals surface area contributed by atoms with Crippen molar-refractivity contribution in [3.05, 3.63) is 29.3 Å². The van der Waals surface area contributed by atoms with Crippen LogP contribution >= 0.6 is 0 Å². The van der Waals surface area contributed by atoms with Gasteiger partial charge >= 0.3 is 0 Å². The molecule has 1 fully saturated rings. The van der Waals surface area contributed by atoms with Crippen molar-refractivity contribution < 1.29 is 14.6 Å². The third-order valence-corrected chi connectivity index (χ3v) is 4.24. The van der Waals surface area contributed by atoms with E-state index in [2.05, 4.69) is 0 Å². The average Bonchev–Trinajstić information content (AvgIpc) is 2.50. The average molecular weight is 291 g/mol. The fourth-order valence-corrected chi connectivity index (χ4v) is 3.00. The molecule has 1 saturated heterocycles. The van der Waals surface area contributed by atoms with Crippen molar-refractivity contribution in [2.75, 3.05) is 26.8 Å². The summed E-state index contributed by atoms with van der Waals surface area (Å²) >= 11 is 0. The van der Waals surface area contributed by atoms with Gasteiger partial charge in [0.05, 0.1) is 5.56 Å². The van der Waals surface area contributed by atoms with E-state index in [0.29, 0.717) is 11.5 Å². The number of hydrogen-bond donors (Lipinski definition) is 1. The number of para-hydroxylation sites is 1. The predicted octanol–water partition coefficient (Wildman–Crippen LogP) is 2.98. The second-order valence-corrected chi connectivity index (χ2v) is 5.87. The molecule has 0 aromatic heterocycles. The molecular formula is C17H25NO3. The Labute approximate surface area is 126 Å². The van der Waals surface area contributed by atoms with Crippen molar-refractivity contribution >= 4 is 5.91 Å². The Balaban J connectivity index is 2.00. The van der Waals surface area contributed by atoms with Crippen LogP contribution in [0.5, 0.6) is 5.75 Å². The smallest absolute Gasteiger partial charge is 0.257 e. The Kier molecular flexibility index (Phi) is 5.62. The summed E-state index contributed by atoms with van der Waals surface area (Å²) in [6, 6.07) is 5.34. The minimum absolute atomic E-state index is 0.0485. The van der Waals surface area contributed by atoms with Gasteiger partial charge < -0.3 is 14.7 Å². The number of carbonyl (C=O) groups is 1. The number of carbonyl (C=O) groups excluding carboxylic acids is 1. The maximum absolute atomic E-state index is 12.6. The number of rotatable bonds is 5. The van der Waals surface area contributed by atoms with Gasteiger partial charge in [-0.25, -0.2) is 0 Å². The molecular weight excluding hydrogens is 266 g/mol. The van der Waals surface area contributed by atoms with Crippen LogP contribution in [0.25, 0.3) is 0 Å². The second-order valence-electron chi connectivity index (χ2n) is 5.87. The molecule has 0 saturated carbocycles. The summed E-state index contributed by atoms with van der Waals surface area (Å²) < 4.78 is 5.09. The van der Waals surface area contributed by atoms with Gasteiger partial charge in [0.2, 0.25) is 0 Å². The zero-order valence-corrected chi connectivity index (χ0v) is 13.0. The van der Waals surface area contributed by atoms with Gasteiger partial charge in [0, 0.05) is 26.8 Å². The Hall–Kier alpha value is -1.55. The number of likely N-dealkylation sites (tertiary alicyclic amines) is 1. The first-order valence-electron chi connectivity index (χ1n) is 7.70. The normalized spacial score (nSPS) is 18.8. The number of phenolic OH excluding ortho intramolecular Hbond substituents is 1. The van der Waals surface area contributed by atoms with Gasteiger partial charge in [-0.3, -0.25) is 4.79 Å². The summed E-state index contributed by atoms with van der Waals surface area (Å²) in [4.78, 5) is 14.5. The Morgan fingerprint density at radius 2 is 2.29 bits per heavy atom. The van der Waals surface area contributed by atoms with Crippen LogP contribution in [0.3, 0.4) is 0 Å². The minimum Gasteiger partial charge on any atom is -0.507 e. The first-order chi connectivity index (χ1) is 10.1. The van der Waals surface area contributed by atoms with E-state index >= 15 is 0 Å². The molecule has 116 valence electrons. The molecule has 1 amide bonds. The van der Waals surface area contributed by atoms with Crippen LogP contribution in [-0.2, 0) is 4.74 Å². The van der Waals surface area contributed by atoms with Gasteiger partial charge in [-0.15, -0.1) is 0 Å². The van der Waals surface area contributed by atoms with Crippen LogP contribution in [0.2, 0.25) is 0 Å². The maximum atomic E-state index is 12.6. The predicted molar refractivity (Wildman–Crippen MR) is 82.6 cm³/mol. The molecule has 4 heteroatoms. The van der Waals surface area contributed by atoms with Crippen molar-refractivity contribution in [3.63, 3.8) is 0 Å². The topological polar surface area (TPSA) is 49.8 Å². The monoisotopic (exact) mass is 291 g/mol. The van der Waals surface area contributed by atoms with E-state index in [1.807, 2.05) is 24.0 Å². The van der Waals surface area contributed by atoms with Crippen LogP contribution in [0.15, 0.2) is 18.2 Å². The Morgan fingerprint density at radius 3 is 3.05 bits per heavy atom. The molecule has 1 aliphatic heterocycles. The Morgan fingerprint density at radius 1 is 1.48 bits per heavy atom. The number of aromatic hydroxyl groups is 1. The number of benzene rings is 1. The highest BCUT2D eigenvalue weighted by atomic mass is 16.5. The van der Waals surface area contributed by atoms with Crippen LogP contribution in [-0.4, -0.2) is 42.7 Å². The summed E-state index contributed by atoms with van der Waals surface area (Å²) in [7, 11) is 1.72. The van der Waals surface area contributed by atoms with Gasteiger partial charge in [-0.1, -0.05) is 12.1 Å². The lowest BCUT2D eigenvalue weighted by Gasteiger charge is -2.33. The van der Waals surface area contributed by atoms with E-state index in [-0.39, 0.29) is 11.7 Å². The van der Waals surface area contributed by atoms with Gasteiger partial charge in [0.25, 0.3) is 5.91 Å². The highest BCUT2D eigenvalue weighted by molar-refractivity contribution is 5.97. The fraction of sp³-hybridized carbons (Fsp3) is 0.588. The van der Waals surface area contributed by atoms with Crippen molar-refractivity contribution in [2.45, 2.75) is 32.6 Å². The second kappa shape index (κ2) is 7.46. The van der Waals surface area contributed by atoms with Gasteiger partial charge in [-0.2, -0.15) is 0 Å². The first-order valence-corrected chi connectivity index (χ1v) is 7.70. The number of ether oxygens (including phenoxy) is 1. The highest BCUT2D eigenvalue weighted by Crippen LogP contribution is 2.26. The number of phenols is 1. The third kappa shape index (κ3) is 3.97. The largest absolute Gasteiger partial charge is 0.507 e. The van der Waals surface area contributed by atoms with Crippen LogP contribution in [0, 0.1) is 12.8 Å². The molecule has 0 aliphatic carbocycles. The van der Waals surface area contributed by atoms with Crippen LogP contribution < -0.4 is 0 Å². The Bertz CT molecular complexity index is 487. The lowest BCUT2D eigenvalue weighted by Crippen LogP contribution is -2.40. The van der Waals surface area contributed by atoms with Crippen molar-refractivity contribution in [1.29, 1.82) is 0 Å². The van der Waals surface area contributed by atoms with E-state index in [0.717, 1.165) is 44.5 Å². The summed E-state index contributed by atoms with van der Waals surface area (Å²) in [5.41, 5.74) is 1.17. The lowest BCUT2D eigenvalue weighted by atomic mass is 9.93. The summed E-state index contributed by atoms with van der Waals surface area (Å²) in [5, 5.41) is 10.1. The lowest BCUT2D eigenvalue weighted by molar-refractivity contribution is 0.0657. The molecule has 1 unspecified atom stereocenters. The summed E-state index contributed by atoms with van der Waals surface area (Å²) in [6.07, 6.45) is 4.35. The van der Waals surface area contributed by atoms with Gasteiger partial charge in [0.1, 0.15) is 5.75 Å². The minimum atomic E-state index is -0.0485. The molecule has 1 N–H and O–H groups in total. The fourth-order valence-electron chi connectivity index (χ4n) is 3.00. The SMILES string of the molecule is COCCCC1CCCN(C(=O)c2cccc(C)c2O)C1. The third-order valence-electron chi connectivity index (χ3n) is 4.24. The molecule has 2 rings (SSSR count). The van der Waals surface area contributed by atoms with Crippen molar-refractivity contribution in [3.8, 4) is 5.75 Å². The molecule has 1 heterocycles. The van der Waals surface area contributed by atoms with E-state index < -0.39 is 0 Å². The van der Waals surface area contributed by atoms with E-state index in [9.17, 15) is 9.90 Å². The summed E-state index contributed by atoms with van der Waals surface area (Å²) in [5.74, 6) is 0.612. The number of amides is 1. The molecule has 1 atom stereocenters. The number of nitrogens with zero attached hydrogens (tertiary/aromatic N) is 1. The standard InChI is InChI=1S/C17H25NO3/c1-13-6-3-9-15(16(13)19)17(20)18-10-4-7-14(12-18)8-5-11-21-2/h3,6,9,14,19H,4-5,7-8,10-12H2,1-2H3. The zero-order valence-electron chi connectivity index (χ0n) is 13.0. The molecule has 4 nitrogen and oxygen atoms in total. The number of piperidine rings is 1. The quantitative estimate of drug-likeness (QED) is 0.849. The summed E-state index contributed by atoms with van der Waals surface area (Å²) in [6.45, 7) is 4.17. The molecule has 0 bridgehead atoms. The number of aryl methyl sites for hydroxylation is 1. The molecule has 21 heavy (non-hydrogen) atoms. The maximum Gasteiger partial charge on any atom is 0.257 e. The van der Waals surface area contributed by atoms with Crippen molar-refractivity contribution in [2.24, 2.45) is 5.92 Å². The van der Waals surface area contributed by atoms with E-state index in [1.54, 1.807) is 13.2 Å².